The van der Waals surface area contributed by atoms with Gasteiger partial charge in [0.05, 0.1) is 5.97 Å². The minimum Gasteiger partial charge on any atom is -0.545 e. The van der Waals surface area contributed by atoms with Crippen molar-refractivity contribution in [2.24, 2.45) is 0 Å². The van der Waals surface area contributed by atoms with E-state index in [1.165, 1.54) is 18.2 Å². The normalized spacial score (nSPS) is 9.95. The second-order valence-electron chi connectivity index (χ2n) is 4.13. The summed E-state index contributed by atoms with van der Waals surface area (Å²) in [6, 6.07) is 12.9. The molecule has 5 nitrogen and oxygen atoms in total. The Hall–Kier alpha value is -2.53. The van der Waals surface area contributed by atoms with Gasteiger partial charge in [0.1, 0.15) is 5.75 Å². The second-order valence-corrected chi connectivity index (χ2v) is 4.57. The molecule has 0 atom stereocenters. The van der Waals surface area contributed by atoms with E-state index in [0.29, 0.717) is 5.69 Å². The molecule has 0 fully saturated rings. The minimum atomic E-state index is -1.42. The van der Waals surface area contributed by atoms with Crippen LogP contribution in [0.4, 0.5) is 5.69 Å². The average molecular weight is 305 g/mol. The number of halogens is 1. The molecule has 0 saturated heterocycles. The molecular weight excluding hydrogens is 294 g/mol. The van der Waals surface area contributed by atoms with Gasteiger partial charge in [-0.25, -0.2) is 0 Å². The van der Waals surface area contributed by atoms with Gasteiger partial charge in [-0.3, -0.25) is 4.79 Å². The molecule has 1 N–H and O–H groups in total. The van der Waals surface area contributed by atoms with Crippen molar-refractivity contribution in [2.75, 3.05) is 11.9 Å². The molecule has 2 aromatic carbocycles. The van der Waals surface area contributed by atoms with Crippen molar-refractivity contribution in [1.82, 2.24) is 0 Å². The first-order valence-electron chi connectivity index (χ1n) is 6.05. The van der Waals surface area contributed by atoms with E-state index in [-0.39, 0.29) is 22.9 Å². The number of benzene rings is 2. The predicted molar refractivity (Wildman–Crippen MR) is 76.3 cm³/mol. The lowest BCUT2D eigenvalue weighted by atomic mass is 10.2. The van der Waals surface area contributed by atoms with Crippen molar-refractivity contribution < 1.29 is 19.4 Å². The maximum absolute atomic E-state index is 11.7. The third kappa shape index (κ3) is 4.22. The average Bonchev–Trinajstić information content (AvgIpc) is 2.47. The summed E-state index contributed by atoms with van der Waals surface area (Å²) >= 11 is 5.70. The molecule has 2 rings (SSSR count). The molecule has 0 saturated carbocycles. The zero-order valence-corrected chi connectivity index (χ0v) is 11.6. The summed E-state index contributed by atoms with van der Waals surface area (Å²) in [5, 5.41) is 13.8. The van der Waals surface area contributed by atoms with Crippen LogP contribution in [0, 0.1) is 0 Å². The van der Waals surface area contributed by atoms with E-state index in [1.54, 1.807) is 24.3 Å². The zero-order valence-electron chi connectivity index (χ0n) is 10.8. The number of carboxylic acids is 1. The molecule has 0 aliphatic heterocycles. The molecule has 0 heterocycles. The van der Waals surface area contributed by atoms with E-state index in [0.717, 1.165) is 0 Å². The fourth-order valence-corrected chi connectivity index (χ4v) is 1.82. The smallest absolute Gasteiger partial charge is 0.262 e. The molecule has 2 aromatic rings. The number of ether oxygens (including phenoxy) is 1. The first-order chi connectivity index (χ1) is 10.1. The van der Waals surface area contributed by atoms with Gasteiger partial charge in [-0.2, -0.15) is 0 Å². The Morgan fingerprint density at radius 2 is 1.86 bits per heavy atom. The Balaban J connectivity index is 2.00. The number of carbonyl (C=O) groups excluding carboxylic acids is 2. The third-order valence-corrected chi connectivity index (χ3v) is 2.81. The largest absolute Gasteiger partial charge is 0.545 e. The molecular formula is C15H11ClNO4-. The fraction of sp³-hybridized carbons (Fsp3) is 0.0667. The second kappa shape index (κ2) is 6.76. The van der Waals surface area contributed by atoms with Crippen LogP contribution in [-0.4, -0.2) is 18.5 Å². The van der Waals surface area contributed by atoms with Crippen molar-refractivity contribution in [3.05, 3.63) is 59.1 Å². The number of anilines is 1. The van der Waals surface area contributed by atoms with Crippen LogP contribution in [0.25, 0.3) is 0 Å². The van der Waals surface area contributed by atoms with Crippen molar-refractivity contribution in [3.63, 3.8) is 0 Å². The first-order valence-corrected chi connectivity index (χ1v) is 6.42. The van der Waals surface area contributed by atoms with Gasteiger partial charge in [0.25, 0.3) is 5.91 Å². The van der Waals surface area contributed by atoms with Crippen molar-refractivity contribution in [3.8, 4) is 5.75 Å². The molecule has 0 aliphatic carbocycles. The van der Waals surface area contributed by atoms with Gasteiger partial charge < -0.3 is 20.0 Å². The lowest BCUT2D eigenvalue weighted by molar-refractivity contribution is -0.255. The number of para-hydroxylation sites is 1. The SMILES string of the molecule is O=C(COc1ccc(Cl)cc1C(=O)[O-])Nc1ccccc1. The predicted octanol–water partition coefficient (Wildman–Crippen LogP) is 1.72. The molecule has 0 spiro atoms. The third-order valence-electron chi connectivity index (χ3n) is 2.58. The van der Waals surface area contributed by atoms with Crippen LogP contribution >= 0.6 is 11.6 Å². The fourth-order valence-electron chi connectivity index (χ4n) is 1.65. The maximum atomic E-state index is 11.7. The van der Waals surface area contributed by atoms with Crippen LogP contribution in [0.1, 0.15) is 10.4 Å². The Morgan fingerprint density at radius 1 is 1.14 bits per heavy atom. The van der Waals surface area contributed by atoms with Gasteiger partial charge in [0, 0.05) is 16.3 Å². The topological polar surface area (TPSA) is 78.5 Å². The quantitative estimate of drug-likeness (QED) is 0.912. The highest BCUT2D eigenvalue weighted by molar-refractivity contribution is 6.31. The lowest BCUT2D eigenvalue weighted by Gasteiger charge is -2.12. The van der Waals surface area contributed by atoms with Gasteiger partial charge in [0.15, 0.2) is 6.61 Å². The van der Waals surface area contributed by atoms with Gasteiger partial charge in [0.2, 0.25) is 0 Å². The molecule has 0 unspecified atom stereocenters. The highest BCUT2D eigenvalue weighted by Gasteiger charge is 2.09. The molecule has 0 radical (unpaired) electrons. The maximum Gasteiger partial charge on any atom is 0.262 e. The Morgan fingerprint density at radius 3 is 2.52 bits per heavy atom. The van der Waals surface area contributed by atoms with Gasteiger partial charge in [-0.1, -0.05) is 29.8 Å². The molecule has 0 aromatic heterocycles. The molecule has 21 heavy (non-hydrogen) atoms. The van der Waals surface area contributed by atoms with E-state index in [1.807, 2.05) is 6.07 Å². The van der Waals surface area contributed by atoms with Crippen LogP contribution in [0.2, 0.25) is 5.02 Å². The van der Waals surface area contributed by atoms with Gasteiger partial charge in [-0.15, -0.1) is 0 Å². The molecule has 1 amide bonds. The number of rotatable bonds is 5. The summed E-state index contributed by atoms with van der Waals surface area (Å²) in [5.74, 6) is -1.79. The summed E-state index contributed by atoms with van der Waals surface area (Å²) < 4.78 is 5.20. The summed E-state index contributed by atoms with van der Waals surface area (Å²) in [7, 11) is 0. The van der Waals surface area contributed by atoms with E-state index < -0.39 is 11.9 Å². The number of nitrogens with one attached hydrogen (secondary N) is 1. The summed E-state index contributed by atoms with van der Waals surface area (Å²) in [5.41, 5.74) is 0.428. The molecule has 108 valence electrons. The van der Waals surface area contributed by atoms with Crippen LogP contribution in [0.5, 0.6) is 5.75 Å². The van der Waals surface area contributed by atoms with Gasteiger partial charge in [-0.05, 0) is 30.3 Å². The minimum absolute atomic E-state index is 0.0302. The van der Waals surface area contributed by atoms with E-state index in [9.17, 15) is 14.7 Å². The van der Waals surface area contributed by atoms with Crippen molar-refractivity contribution in [2.45, 2.75) is 0 Å². The summed E-state index contributed by atoms with van der Waals surface area (Å²) in [6.07, 6.45) is 0. The first kappa shape index (κ1) is 14.9. The van der Waals surface area contributed by atoms with E-state index >= 15 is 0 Å². The Labute approximate surface area is 126 Å². The highest BCUT2D eigenvalue weighted by atomic mass is 35.5. The number of aromatic carboxylic acids is 1. The lowest BCUT2D eigenvalue weighted by Crippen LogP contribution is -2.25. The van der Waals surface area contributed by atoms with Crippen LogP contribution < -0.4 is 15.2 Å². The number of carboxylic acid groups (broad SMARTS) is 1. The molecule has 0 aliphatic rings. The van der Waals surface area contributed by atoms with Gasteiger partial charge >= 0.3 is 0 Å². The van der Waals surface area contributed by atoms with Crippen LogP contribution in [0.3, 0.4) is 0 Å². The molecule has 6 heteroatoms. The summed E-state index contributed by atoms with van der Waals surface area (Å²) in [4.78, 5) is 22.7. The zero-order chi connectivity index (χ0) is 15.2. The standard InChI is InChI=1S/C15H12ClNO4/c16-10-6-7-13(12(8-10)15(19)20)21-9-14(18)17-11-4-2-1-3-5-11/h1-8H,9H2,(H,17,18)(H,19,20)/p-1. The highest BCUT2D eigenvalue weighted by Crippen LogP contribution is 2.22. The van der Waals surface area contributed by atoms with Crippen LogP contribution in [-0.2, 0) is 4.79 Å². The number of hydrogen-bond acceptors (Lipinski definition) is 4. The van der Waals surface area contributed by atoms with Crippen LogP contribution in [0.15, 0.2) is 48.5 Å². The van der Waals surface area contributed by atoms with Crippen molar-refractivity contribution in [1.29, 1.82) is 0 Å². The Bertz CT molecular complexity index is 658. The van der Waals surface area contributed by atoms with Crippen molar-refractivity contribution >= 4 is 29.2 Å². The van der Waals surface area contributed by atoms with E-state index in [4.69, 9.17) is 16.3 Å². The monoisotopic (exact) mass is 304 g/mol. The Kier molecular flexibility index (Phi) is 4.79. The molecule has 0 bridgehead atoms. The summed E-state index contributed by atoms with van der Waals surface area (Å²) in [6.45, 7) is -0.323. The number of hydrogen-bond donors (Lipinski definition) is 1. The number of amides is 1. The van der Waals surface area contributed by atoms with E-state index in [2.05, 4.69) is 5.32 Å². The number of carbonyl (C=O) groups is 2.